The summed E-state index contributed by atoms with van der Waals surface area (Å²) in [7, 11) is 0. The van der Waals surface area contributed by atoms with Crippen LogP contribution in [0.2, 0.25) is 0 Å². The number of halogens is 1. The van der Waals surface area contributed by atoms with Crippen molar-refractivity contribution in [3.05, 3.63) is 59.9 Å². The molecule has 5 heteroatoms. The van der Waals surface area contributed by atoms with Gasteiger partial charge in [0.2, 0.25) is 5.91 Å². The zero-order valence-corrected chi connectivity index (χ0v) is 15.7. The topological polar surface area (TPSA) is 38.8 Å². The van der Waals surface area contributed by atoms with Crippen LogP contribution < -0.4 is 9.47 Å². The van der Waals surface area contributed by atoms with Gasteiger partial charge < -0.3 is 14.4 Å². The van der Waals surface area contributed by atoms with Gasteiger partial charge in [-0.1, -0.05) is 12.1 Å². The molecule has 1 aliphatic heterocycles. The lowest BCUT2D eigenvalue weighted by atomic mass is 9.97. The van der Waals surface area contributed by atoms with E-state index in [1.807, 2.05) is 36.1 Å². The number of amides is 1. The van der Waals surface area contributed by atoms with Crippen LogP contribution in [-0.2, 0) is 11.2 Å². The second-order valence-corrected chi connectivity index (χ2v) is 6.84. The third-order valence-electron chi connectivity index (χ3n) is 4.86. The smallest absolute Gasteiger partial charge is 0.226 e. The summed E-state index contributed by atoms with van der Waals surface area (Å²) in [6.07, 6.45) is 2.27. The van der Waals surface area contributed by atoms with Gasteiger partial charge in [0.05, 0.1) is 19.6 Å². The van der Waals surface area contributed by atoms with Crippen molar-refractivity contribution in [1.82, 2.24) is 4.90 Å². The molecule has 1 aliphatic rings. The van der Waals surface area contributed by atoms with Gasteiger partial charge in [0.1, 0.15) is 17.3 Å². The van der Waals surface area contributed by atoms with Crippen LogP contribution in [0.25, 0.3) is 0 Å². The first kappa shape index (κ1) is 19.2. The Bertz CT molecular complexity index is 722. The minimum atomic E-state index is -0.262. The van der Waals surface area contributed by atoms with Crippen molar-refractivity contribution in [2.75, 3.05) is 26.3 Å². The first-order valence-corrected chi connectivity index (χ1v) is 9.52. The minimum absolute atomic E-state index is 0.164. The molecule has 0 N–H and O–H groups in total. The van der Waals surface area contributed by atoms with E-state index in [0.29, 0.717) is 31.3 Å². The SMILES string of the molecule is CCOc1ccc(CC(=O)N2CCC(COc3ccc(F)cc3)CC2)cc1. The van der Waals surface area contributed by atoms with Crippen LogP contribution in [-0.4, -0.2) is 37.1 Å². The molecule has 2 aromatic rings. The van der Waals surface area contributed by atoms with E-state index in [9.17, 15) is 9.18 Å². The van der Waals surface area contributed by atoms with Crippen LogP contribution in [0.3, 0.4) is 0 Å². The Morgan fingerprint density at radius 1 is 1.00 bits per heavy atom. The average Bonchev–Trinajstić information content (AvgIpc) is 2.70. The molecule has 4 nitrogen and oxygen atoms in total. The maximum Gasteiger partial charge on any atom is 0.226 e. The second kappa shape index (κ2) is 9.40. The molecular weight excluding hydrogens is 345 g/mol. The summed E-state index contributed by atoms with van der Waals surface area (Å²) in [6, 6.07) is 13.8. The standard InChI is InChI=1S/C22H26FNO3/c1-2-26-20-7-3-17(4-8-20)15-22(25)24-13-11-18(12-14-24)16-27-21-9-5-19(23)6-10-21/h3-10,18H,2,11-16H2,1H3. The van der Waals surface area contributed by atoms with E-state index in [1.54, 1.807) is 12.1 Å². The molecule has 144 valence electrons. The molecule has 0 unspecified atom stereocenters. The summed E-state index contributed by atoms with van der Waals surface area (Å²) in [4.78, 5) is 14.5. The van der Waals surface area contributed by atoms with Gasteiger partial charge in [-0.2, -0.15) is 0 Å². The van der Waals surface area contributed by atoms with Gasteiger partial charge >= 0.3 is 0 Å². The summed E-state index contributed by atoms with van der Waals surface area (Å²) in [5, 5.41) is 0. The van der Waals surface area contributed by atoms with Gasteiger partial charge in [0, 0.05) is 13.1 Å². The minimum Gasteiger partial charge on any atom is -0.494 e. The van der Waals surface area contributed by atoms with Crippen LogP contribution in [0.5, 0.6) is 11.5 Å². The van der Waals surface area contributed by atoms with Gasteiger partial charge in [-0.05, 0) is 67.6 Å². The highest BCUT2D eigenvalue weighted by Crippen LogP contribution is 2.21. The normalized spacial score (nSPS) is 14.8. The maximum atomic E-state index is 12.9. The lowest BCUT2D eigenvalue weighted by Crippen LogP contribution is -2.40. The molecule has 1 fully saturated rings. The van der Waals surface area contributed by atoms with Crippen LogP contribution in [0.1, 0.15) is 25.3 Å². The molecule has 3 rings (SSSR count). The van der Waals surface area contributed by atoms with Crippen molar-refractivity contribution in [1.29, 1.82) is 0 Å². The van der Waals surface area contributed by atoms with E-state index in [2.05, 4.69) is 0 Å². The Kier molecular flexibility index (Phi) is 6.69. The Labute approximate surface area is 159 Å². The van der Waals surface area contributed by atoms with Crippen molar-refractivity contribution in [3.63, 3.8) is 0 Å². The van der Waals surface area contributed by atoms with Crippen molar-refractivity contribution >= 4 is 5.91 Å². The van der Waals surface area contributed by atoms with Crippen LogP contribution in [0.4, 0.5) is 4.39 Å². The van der Waals surface area contributed by atoms with Gasteiger partial charge in [0.25, 0.3) is 0 Å². The van der Waals surface area contributed by atoms with Gasteiger partial charge in [0.15, 0.2) is 0 Å². The molecule has 0 saturated carbocycles. The van der Waals surface area contributed by atoms with Crippen LogP contribution in [0.15, 0.2) is 48.5 Å². The summed E-state index contributed by atoms with van der Waals surface area (Å²) >= 11 is 0. The molecule has 0 aliphatic carbocycles. The Morgan fingerprint density at radius 3 is 2.22 bits per heavy atom. The number of benzene rings is 2. The molecule has 0 bridgehead atoms. The predicted octanol–water partition coefficient (Wildman–Crippen LogP) is 4.08. The average molecular weight is 371 g/mol. The van der Waals surface area contributed by atoms with E-state index in [-0.39, 0.29) is 11.7 Å². The fourth-order valence-corrected chi connectivity index (χ4v) is 3.25. The van der Waals surface area contributed by atoms with Gasteiger partial charge in [-0.25, -0.2) is 4.39 Å². The summed E-state index contributed by atoms with van der Waals surface area (Å²) in [5.74, 6) is 1.84. The van der Waals surface area contributed by atoms with E-state index >= 15 is 0 Å². The number of ether oxygens (including phenoxy) is 2. The molecule has 0 spiro atoms. The van der Waals surface area contributed by atoms with Crippen molar-refractivity contribution < 1.29 is 18.7 Å². The molecule has 0 atom stereocenters. The Morgan fingerprint density at radius 2 is 1.59 bits per heavy atom. The van der Waals surface area contributed by atoms with E-state index in [4.69, 9.17) is 9.47 Å². The fraction of sp³-hybridized carbons (Fsp3) is 0.409. The second-order valence-electron chi connectivity index (χ2n) is 6.84. The number of piperidine rings is 1. The maximum absolute atomic E-state index is 12.9. The first-order valence-electron chi connectivity index (χ1n) is 9.52. The van der Waals surface area contributed by atoms with Crippen LogP contribution >= 0.6 is 0 Å². The van der Waals surface area contributed by atoms with E-state index in [0.717, 1.165) is 37.2 Å². The summed E-state index contributed by atoms with van der Waals surface area (Å²) in [5.41, 5.74) is 1.00. The van der Waals surface area contributed by atoms with Gasteiger partial charge in [-0.3, -0.25) is 4.79 Å². The van der Waals surface area contributed by atoms with E-state index in [1.165, 1.54) is 12.1 Å². The molecule has 1 heterocycles. The highest BCUT2D eigenvalue weighted by atomic mass is 19.1. The largest absolute Gasteiger partial charge is 0.494 e. The zero-order chi connectivity index (χ0) is 19.1. The molecule has 0 aromatic heterocycles. The predicted molar refractivity (Wildman–Crippen MR) is 103 cm³/mol. The zero-order valence-electron chi connectivity index (χ0n) is 15.7. The number of carbonyl (C=O) groups excluding carboxylic acids is 1. The molecule has 2 aromatic carbocycles. The summed E-state index contributed by atoms with van der Waals surface area (Å²) < 4.78 is 24.1. The number of carbonyl (C=O) groups is 1. The van der Waals surface area contributed by atoms with Gasteiger partial charge in [-0.15, -0.1) is 0 Å². The number of likely N-dealkylation sites (tertiary alicyclic amines) is 1. The Hall–Kier alpha value is -2.56. The van der Waals surface area contributed by atoms with Crippen molar-refractivity contribution in [2.45, 2.75) is 26.2 Å². The molecule has 27 heavy (non-hydrogen) atoms. The quantitative estimate of drug-likeness (QED) is 0.736. The van der Waals surface area contributed by atoms with Crippen molar-refractivity contribution in [2.24, 2.45) is 5.92 Å². The summed E-state index contributed by atoms with van der Waals surface area (Å²) in [6.45, 7) is 4.71. The molecule has 1 saturated heterocycles. The third kappa shape index (κ3) is 5.71. The molecule has 1 amide bonds. The van der Waals surface area contributed by atoms with E-state index < -0.39 is 0 Å². The molecular formula is C22H26FNO3. The third-order valence-corrected chi connectivity index (χ3v) is 4.86. The lowest BCUT2D eigenvalue weighted by molar-refractivity contribution is -0.132. The number of hydrogen-bond acceptors (Lipinski definition) is 3. The molecule has 0 radical (unpaired) electrons. The highest BCUT2D eigenvalue weighted by molar-refractivity contribution is 5.78. The fourth-order valence-electron chi connectivity index (χ4n) is 3.25. The lowest BCUT2D eigenvalue weighted by Gasteiger charge is -2.32. The number of hydrogen-bond donors (Lipinski definition) is 0. The highest BCUT2D eigenvalue weighted by Gasteiger charge is 2.23. The van der Waals surface area contributed by atoms with Crippen molar-refractivity contribution in [3.8, 4) is 11.5 Å². The monoisotopic (exact) mass is 371 g/mol. The first-order chi connectivity index (χ1) is 13.1. The Balaban J connectivity index is 1.41. The number of rotatable bonds is 7. The number of nitrogens with zero attached hydrogens (tertiary/aromatic N) is 1. The van der Waals surface area contributed by atoms with Crippen LogP contribution in [0, 0.1) is 11.7 Å².